The summed E-state index contributed by atoms with van der Waals surface area (Å²) in [5.41, 5.74) is 7.22. The molecule has 0 spiro atoms. The second kappa shape index (κ2) is 5.08. The first-order valence-corrected chi connectivity index (χ1v) is 6.87. The van der Waals surface area contributed by atoms with E-state index in [1.807, 2.05) is 11.3 Å². The molecule has 2 rings (SSSR count). The molecular weight excluding hydrogens is 204 g/mol. The summed E-state index contributed by atoms with van der Waals surface area (Å²) in [7, 11) is 0. The topological polar surface area (TPSA) is 38.9 Å². The third kappa shape index (κ3) is 2.79. The third-order valence-corrected chi connectivity index (χ3v) is 4.21. The normalized spacial score (nSPS) is 18.8. The molecule has 0 amide bonds. The molecule has 1 saturated carbocycles. The van der Waals surface area contributed by atoms with Gasteiger partial charge in [0.1, 0.15) is 0 Å². The lowest BCUT2D eigenvalue weighted by Crippen LogP contribution is -2.22. The molecule has 0 radical (unpaired) electrons. The minimum atomic E-state index is 0.298. The highest BCUT2D eigenvalue weighted by Crippen LogP contribution is 2.37. The first-order chi connectivity index (χ1) is 7.29. The van der Waals surface area contributed by atoms with Crippen LogP contribution in [0.25, 0.3) is 0 Å². The van der Waals surface area contributed by atoms with Crippen molar-refractivity contribution >= 4 is 11.3 Å². The molecule has 3 heteroatoms. The van der Waals surface area contributed by atoms with Gasteiger partial charge >= 0.3 is 0 Å². The van der Waals surface area contributed by atoms with Crippen molar-refractivity contribution in [3.63, 3.8) is 0 Å². The van der Waals surface area contributed by atoms with E-state index in [1.165, 1.54) is 36.4 Å². The Labute approximate surface area is 95.9 Å². The smallest absolute Gasteiger partial charge is 0.0959 e. The maximum atomic E-state index is 6.01. The largest absolute Gasteiger partial charge is 0.327 e. The van der Waals surface area contributed by atoms with E-state index in [-0.39, 0.29) is 0 Å². The van der Waals surface area contributed by atoms with Crippen LogP contribution in [0.1, 0.15) is 55.6 Å². The minimum Gasteiger partial charge on any atom is -0.327 e. The molecule has 1 unspecified atom stereocenters. The van der Waals surface area contributed by atoms with E-state index >= 15 is 0 Å². The van der Waals surface area contributed by atoms with Gasteiger partial charge in [-0.15, -0.1) is 11.3 Å². The van der Waals surface area contributed by atoms with Gasteiger partial charge in [-0.25, -0.2) is 4.98 Å². The number of nitrogens with two attached hydrogens (primary N) is 1. The molecule has 0 aromatic carbocycles. The molecule has 2 N–H and O–H groups in total. The van der Waals surface area contributed by atoms with Gasteiger partial charge in [-0.05, 0) is 19.3 Å². The number of hydrogen-bond donors (Lipinski definition) is 1. The minimum absolute atomic E-state index is 0.298. The van der Waals surface area contributed by atoms with Crippen LogP contribution >= 0.6 is 11.3 Å². The zero-order valence-corrected chi connectivity index (χ0v) is 10.2. The molecule has 1 heterocycles. The van der Waals surface area contributed by atoms with Crippen LogP contribution in [0, 0.1) is 0 Å². The Bertz CT molecular complexity index is 304. The van der Waals surface area contributed by atoms with E-state index < -0.39 is 0 Å². The zero-order chi connectivity index (χ0) is 10.7. The van der Waals surface area contributed by atoms with Gasteiger partial charge in [-0.2, -0.15) is 0 Å². The highest BCUT2D eigenvalue weighted by molar-refractivity contribution is 7.09. The van der Waals surface area contributed by atoms with Crippen molar-refractivity contribution in [2.45, 2.75) is 57.4 Å². The second-order valence-corrected chi connectivity index (χ2v) is 5.45. The van der Waals surface area contributed by atoms with Crippen molar-refractivity contribution in [2.24, 2.45) is 5.73 Å². The molecule has 0 aliphatic heterocycles. The SMILES string of the molecule is CCCC(N)Cc1csc(C2CCC2)n1. The summed E-state index contributed by atoms with van der Waals surface area (Å²) in [5, 5.41) is 3.54. The van der Waals surface area contributed by atoms with Crippen LogP contribution in [-0.4, -0.2) is 11.0 Å². The Morgan fingerprint density at radius 2 is 2.40 bits per heavy atom. The molecule has 0 bridgehead atoms. The van der Waals surface area contributed by atoms with E-state index in [0.29, 0.717) is 6.04 Å². The lowest BCUT2D eigenvalue weighted by atomic mass is 9.86. The highest BCUT2D eigenvalue weighted by atomic mass is 32.1. The fraction of sp³-hybridized carbons (Fsp3) is 0.750. The van der Waals surface area contributed by atoms with Crippen molar-refractivity contribution in [2.75, 3.05) is 0 Å². The highest BCUT2D eigenvalue weighted by Gasteiger charge is 2.22. The summed E-state index contributed by atoms with van der Waals surface area (Å²) < 4.78 is 0. The number of hydrogen-bond acceptors (Lipinski definition) is 3. The van der Waals surface area contributed by atoms with Gasteiger partial charge in [-0.1, -0.05) is 19.8 Å². The molecule has 1 aromatic heterocycles. The predicted octanol–water partition coefficient (Wildman–Crippen LogP) is 3.08. The van der Waals surface area contributed by atoms with Crippen LogP contribution in [0.4, 0.5) is 0 Å². The van der Waals surface area contributed by atoms with Gasteiger partial charge in [0.05, 0.1) is 10.7 Å². The Balaban J connectivity index is 1.88. The molecule has 1 fully saturated rings. The van der Waals surface area contributed by atoms with E-state index in [9.17, 15) is 0 Å². The van der Waals surface area contributed by atoms with Crippen molar-refractivity contribution in [3.8, 4) is 0 Å². The van der Waals surface area contributed by atoms with Crippen molar-refractivity contribution in [1.82, 2.24) is 4.98 Å². The third-order valence-electron chi connectivity index (χ3n) is 3.15. The van der Waals surface area contributed by atoms with E-state index in [2.05, 4.69) is 12.3 Å². The molecular formula is C12H20N2S. The Morgan fingerprint density at radius 3 is 3.00 bits per heavy atom. The maximum Gasteiger partial charge on any atom is 0.0959 e. The van der Waals surface area contributed by atoms with Crippen molar-refractivity contribution in [1.29, 1.82) is 0 Å². The van der Waals surface area contributed by atoms with Crippen molar-refractivity contribution in [3.05, 3.63) is 16.1 Å². The maximum absolute atomic E-state index is 6.01. The number of aromatic nitrogens is 1. The van der Waals surface area contributed by atoms with Gasteiger partial charge in [0.15, 0.2) is 0 Å². The Kier molecular flexibility index (Phi) is 3.76. The first kappa shape index (κ1) is 11.1. The average Bonchev–Trinajstić information content (AvgIpc) is 2.50. The molecule has 1 aromatic rings. The zero-order valence-electron chi connectivity index (χ0n) is 9.41. The fourth-order valence-corrected chi connectivity index (χ4v) is 3.00. The van der Waals surface area contributed by atoms with Gasteiger partial charge in [0.2, 0.25) is 0 Å². The van der Waals surface area contributed by atoms with Crippen LogP contribution in [0.5, 0.6) is 0 Å². The van der Waals surface area contributed by atoms with Crippen LogP contribution in [0.2, 0.25) is 0 Å². The van der Waals surface area contributed by atoms with Crippen molar-refractivity contribution < 1.29 is 0 Å². The average molecular weight is 224 g/mol. The summed E-state index contributed by atoms with van der Waals surface area (Å²) in [5.74, 6) is 0.770. The van der Waals surface area contributed by atoms with Crippen LogP contribution in [-0.2, 0) is 6.42 Å². The van der Waals surface area contributed by atoms with Gasteiger partial charge in [-0.3, -0.25) is 0 Å². The van der Waals surface area contributed by atoms with Gasteiger partial charge < -0.3 is 5.73 Å². The van der Waals surface area contributed by atoms with Gasteiger partial charge in [0, 0.05) is 23.8 Å². The summed E-state index contributed by atoms with van der Waals surface area (Å²) in [4.78, 5) is 4.69. The first-order valence-electron chi connectivity index (χ1n) is 5.99. The lowest BCUT2D eigenvalue weighted by molar-refractivity contribution is 0.417. The second-order valence-electron chi connectivity index (χ2n) is 4.56. The standard InChI is InChI=1S/C12H20N2S/c1-2-4-10(13)7-11-8-15-12(14-11)9-5-3-6-9/h8-10H,2-7,13H2,1H3. The van der Waals surface area contributed by atoms with Crippen LogP contribution in [0.15, 0.2) is 5.38 Å². The number of thiazole rings is 1. The van der Waals surface area contributed by atoms with E-state index in [1.54, 1.807) is 0 Å². The Morgan fingerprint density at radius 1 is 1.60 bits per heavy atom. The fourth-order valence-electron chi connectivity index (χ4n) is 2.00. The molecule has 1 atom stereocenters. The molecule has 1 aliphatic carbocycles. The summed E-state index contributed by atoms with van der Waals surface area (Å²) in [6.45, 7) is 2.18. The molecule has 0 saturated heterocycles. The van der Waals surface area contributed by atoms with Crippen LogP contribution in [0.3, 0.4) is 0 Å². The number of nitrogens with zero attached hydrogens (tertiary/aromatic N) is 1. The predicted molar refractivity (Wildman–Crippen MR) is 65.3 cm³/mol. The molecule has 2 nitrogen and oxygen atoms in total. The van der Waals surface area contributed by atoms with Crippen LogP contribution < -0.4 is 5.73 Å². The van der Waals surface area contributed by atoms with Gasteiger partial charge in [0.25, 0.3) is 0 Å². The molecule has 1 aliphatic rings. The monoisotopic (exact) mass is 224 g/mol. The molecule has 84 valence electrons. The lowest BCUT2D eigenvalue weighted by Gasteiger charge is -2.22. The van der Waals surface area contributed by atoms with E-state index in [4.69, 9.17) is 10.7 Å². The summed E-state index contributed by atoms with van der Waals surface area (Å²) in [6.07, 6.45) is 7.30. The van der Waals surface area contributed by atoms with E-state index in [0.717, 1.165) is 18.8 Å². The number of rotatable bonds is 5. The summed E-state index contributed by atoms with van der Waals surface area (Å²) >= 11 is 1.83. The quantitative estimate of drug-likeness (QED) is 0.834. The summed E-state index contributed by atoms with van der Waals surface area (Å²) in [6, 6.07) is 0.298. The Hall–Kier alpha value is -0.410. The molecule has 15 heavy (non-hydrogen) atoms.